The predicted molar refractivity (Wildman–Crippen MR) is 95.5 cm³/mol. The van der Waals surface area contributed by atoms with Gasteiger partial charge in [-0.3, -0.25) is 4.79 Å². The number of nitrogens with zero attached hydrogens (tertiary/aromatic N) is 1. The Bertz CT molecular complexity index is 554. The van der Waals surface area contributed by atoms with Crippen LogP contribution in [0.15, 0.2) is 43.0 Å². The highest BCUT2D eigenvalue weighted by Crippen LogP contribution is 2.12. The number of carbonyl (C=O) groups is 2. The molecular formula is C19H26N2O4. The molecule has 6 heteroatoms. The van der Waals surface area contributed by atoms with Crippen molar-refractivity contribution in [3.8, 4) is 5.75 Å². The van der Waals surface area contributed by atoms with Gasteiger partial charge < -0.3 is 19.7 Å². The van der Waals surface area contributed by atoms with E-state index in [1.54, 1.807) is 11.0 Å². The molecule has 0 saturated carbocycles. The van der Waals surface area contributed by atoms with Gasteiger partial charge in [0.15, 0.2) is 0 Å². The molecule has 1 fully saturated rings. The Morgan fingerprint density at radius 2 is 1.96 bits per heavy atom. The standard InChI is InChI=1S/C19H26N2O4/c1-2-14-25-19(23)21-12-10-16(11-13-21)20-18(22)9-6-15-24-17-7-4-3-5-8-17/h2-5,7-8,16H,1,6,9-15H2,(H,20,22). The SMILES string of the molecule is C=CCOC(=O)N1CCC(NC(=O)CCCOc2ccccc2)CC1. The topological polar surface area (TPSA) is 67.9 Å². The molecule has 0 radical (unpaired) electrons. The molecule has 0 bridgehead atoms. The van der Waals surface area contributed by atoms with Crippen LogP contribution in [0.3, 0.4) is 0 Å². The highest BCUT2D eigenvalue weighted by molar-refractivity contribution is 5.76. The van der Waals surface area contributed by atoms with E-state index in [0.717, 1.165) is 18.6 Å². The van der Waals surface area contributed by atoms with Crippen molar-refractivity contribution in [1.82, 2.24) is 10.2 Å². The molecule has 0 atom stereocenters. The molecule has 0 aliphatic carbocycles. The van der Waals surface area contributed by atoms with Crippen LogP contribution >= 0.6 is 0 Å². The number of para-hydroxylation sites is 1. The number of amides is 2. The van der Waals surface area contributed by atoms with Crippen molar-refractivity contribution < 1.29 is 19.1 Å². The van der Waals surface area contributed by atoms with E-state index < -0.39 is 0 Å². The Kier molecular flexibility index (Phi) is 7.82. The molecule has 1 aromatic carbocycles. The van der Waals surface area contributed by atoms with E-state index >= 15 is 0 Å². The maximum atomic E-state index is 12.0. The number of benzene rings is 1. The zero-order valence-electron chi connectivity index (χ0n) is 14.5. The summed E-state index contributed by atoms with van der Waals surface area (Å²) in [5.74, 6) is 0.850. The Balaban J connectivity index is 1.57. The Morgan fingerprint density at radius 3 is 2.64 bits per heavy atom. The Morgan fingerprint density at radius 1 is 1.24 bits per heavy atom. The first-order valence-electron chi connectivity index (χ1n) is 8.69. The van der Waals surface area contributed by atoms with Gasteiger partial charge in [-0.25, -0.2) is 4.79 Å². The summed E-state index contributed by atoms with van der Waals surface area (Å²) < 4.78 is 10.6. The smallest absolute Gasteiger partial charge is 0.410 e. The Labute approximate surface area is 148 Å². The number of carbonyl (C=O) groups excluding carboxylic acids is 2. The van der Waals surface area contributed by atoms with Crippen LogP contribution in [0.5, 0.6) is 5.75 Å². The van der Waals surface area contributed by atoms with Crippen LogP contribution in [0, 0.1) is 0 Å². The molecule has 0 spiro atoms. The lowest BCUT2D eigenvalue weighted by molar-refractivity contribution is -0.122. The van der Waals surface area contributed by atoms with Crippen molar-refractivity contribution in [3.63, 3.8) is 0 Å². The third-order valence-electron chi connectivity index (χ3n) is 4.00. The first-order chi connectivity index (χ1) is 12.2. The minimum absolute atomic E-state index is 0.0318. The van der Waals surface area contributed by atoms with Crippen LogP contribution in [-0.4, -0.2) is 49.2 Å². The fraction of sp³-hybridized carbons (Fsp3) is 0.474. The lowest BCUT2D eigenvalue weighted by Crippen LogP contribution is -2.46. The summed E-state index contributed by atoms with van der Waals surface area (Å²) in [6.45, 7) is 5.45. The summed E-state index contributed by atoms with van der Waals surface area (Å²) in [5.41, 5.74) is 0. The van der Waals surface area contributed by atoms with E-state index in [4.69, 9.17) is 9.47 Å². The van der Waals surface area contributed by atoms with Crippen LogP contribution in [0.4, 0.5) is 4.79 Å². The Hall–Kier alpha value is -2.50. The molecule has 0 aromatic heterocycles. The summed E-state index contributed by atoms with van der Waals surface area (Å²) in [7, 11) is 0. The molecule has 1 N–H and O–H groups in total. The van der Waals surface area contributed by atoms with Gasteiger partial charge in [0.2, 0.25) is 5.91 Å². The molecule has 25 heavy (non-hydrogen) atoms. The van der Waals surface area contributed by atoms with Crippen molar-refractivity contribution in [1.29, 1.82) is 0 Å². The summed E-state index contributed by atoms with van der Waals surface area (Å²) in [5, 5.41) is 3.03. The van der Waals surface area contributed by atoms with Gasteiger partial charge in [0, 0.05) is 25.6 Å². The van der Waals surface area contributed by atoms with Crippen LogP contribution in [0.2, 0.25) is 0 Å². The minimum Gasteiger partial charge on any atom is -0.494 e. The fourth-order valence-corrected chi connectivity index (χ4v) is 2.67. The van der Waals surface area contributed by atoms with E-state index in [2.05, 4.69) is 11.9 Å². The maximum Gasteiger partial charge on any atom is 0.410 e. The van der Waals surface area contributed by atoms with E-state index in [9.17, 15) is 9.59 Å². The zero-order valence-corrected chi connectivity index (χ0v) is 14.5. The van der Waals surface area contributed by atoms with Crippen molar-refractivity contribution in [3.05, 3.63) is 43.0 Å². The van der Waals surface area contributed by atoms with Gasteiger partial charge in [-0.15, -0.1) is 0 Å². The second kappa shape index (κ2) is 10.4. The number of hydrogen-bond acceptors (Lipinski definition) is 4. The molecule has 6 nitrogen and oxygen atoms in total. The van der Waals surface area contributed by atoms with Crippen molar-refractivity contribution >= 4 is 12.0 Å². The van der Waals surface area contributed by atoms with Crippen molar-refractivity contribution in [2.24, 2.45) is 0 Å². The van der Waals surface area contributed by atoms with Crippen LogP contribution in [0.1, 0.15) is 25.7 Å². The average molecular weight is 346 g/mol. The fourth-order valence-electron chi connectivity index (χ4n) is 2.67. The summed E-state index contributed by atoms with van der Waals surface area (Å²) in [6.07, 6.45) is 3.84. The first-order valence-corrected chi connectivity index (χ1v) is 8.69. The van der Waals surface area contributed by atoms with Gasteiger partial charge >= 0.3 is 6.09 Å². The van der Waals surface area contributed by atoms with E-state index in [1.165, 1.54) is 0 Å². The largest absolute Gasteiger partial charge is 0.494 e. The van der Waals surface area contributed by atoms with Crippen LogP contribution in [-0.2, 0) is 9.53 Å². The quantitative estimate of drug-likeness (QED) is 0.580. The second-order valence-electron chi connectivity index (χ2n) is 5.96. The normalized spacial score (nSPS) is 14.6. The third-order valence-corrected chi connectivity index (χ3v) is 4.00. The van der Waals surface area contributed by atoms with E-state index in [0.29, 0.717) is 32.5 Å². The van der Waals surface area contributed by atoms with Gasteiger partial charge in [-0.1, -0.05) is 30.9 Å². The van der Waals surface area contributed by atoms with Gasteiger partial charge in [0.05, 0.1) is 6.61 Å². The van der Waals surface area contributed by atoms with Crippen LogP contribution in [0.25, 0.3) is 0 Å². The van der Waals surface area contributed by atoms with Gasteiger partial charge in [-0.05, 0) is 31.4 Å². The number of hydrogen-bond donors (Lipinski definition) is 1. The van der Waals surface area contributed by atoms with E-state index in [1.807, 2.05) is 30.3 Å². The predicted octanol–water partition coefficient (Wildman–Crippen LogP) is 2.75. The number of rotatable bonds is 8. The summed E-state index contributed by atoms with van der Waals surface area (Å²) >= 11 is 0. The number of ether oxygens (including phenoxy) is 2. The van der Waals surface area contributed by atoms with Crippen molar-refractivity contribution in [2.75, 3.05) is 26.3 Å². The van der Waals surface area contributed by atoms with Crippen molar-refractivity contribution in [2.45, 2.75) is 31.7 Å². The number of nitrogens with one attached hydrogen (secondary N) is 1. The van der Waals surface area contributed by atoms with E-state index in [-0.39, 0.29) is 24.6 Å². The molecule has 1 saturated heterocycles. The lowest BCUT2D eigenvalue weighted by atomic mass is 10.1. The van der Waals surface area contributed by atoms with Gasteiger partial charge in [-0.2, -0.15) is 0 Å². The summed E-state index contributed by atoms with van der Waals surface area (Å²) in [6, 6.07) is 9.68. The number of likely N-dealkylation sites (tertiary alicyclic amines) is 1. The van der Waals surface area contributed by atoms with Crippen LogP contribution < -0.4 is 10.1 Å². The second-order valence-corrected chi connectivity index (χ2v) is 5.96. The zero-order chi connectivity index (χ0) is 17.9. The average Bonchev–Trinajstić information content (AvgIpc) is 2.65. The monoisotopic (exact) mass is 346 g/mol. The number of piperidine rings is 1. The highest BCUT2D eigenvalue weighted by Gasteiger charge is 2.24. The third kappa shape index (κ3) is 6.87. The molecule has 0 unspecified atom stereocenters. The molecule has 1 aromatic rings. The molecule has 1 heterocycles. The molecule has 2 rings (SSSR count). The first kappa shape index (κ1) is 18.8. The molecule has 136 valence electrons. The minimum atomic E-state index is -0.317. The summed E-state index contributed by atoms with van der Waals surface area (Å²) in [4.78, 5) is 25.4. The maximum absolute atomic E-state index is 12.0. The highest BCUT2D eigenvalue weighted by atomic mass is 16.6. The molecule has 2 amide bonds. The van der Waals surface area contributed by atoms with Gasteiger partial charge in [0.25, 0.3) is 0 Å². The molecule has 1 aliphatic rings. The lowest BCUT2D eigenvalue weighted by Gasteiger charge is -2.31. The van der Waals surface area contributed by atoms with Gasteiger partial charge in [0.1, 0.15) is 12.4 Å². The molecular weight excluding hydrogens is 320 g/mol. The molecule has 1 aliphatic heterocycles.